The highest BCUT2D eigenvalue weighted by Crippen LogP contribution is 2.13. The number of rotatable bonds is 8. The van der Waals surface area contributed by atoms with Crippen molar-refractivity contribution in [3.05, 3.63) is 29.8 Å². The molecule has 162 valence electrons. The number of carbonyl (C=O) groups excluding carboxylic acids is 2. The quantitative estimate of drug-likeness (QED) is 0.283. The third kappa shape index (κ3) is 11.3. The molecule has 1 rings (SSSR count). The van der Waals surface area contributed by atoms with Gasteiger partial charge in [0.2, 0.25) is 0 Å². The first kappa shape index (κ1) is 24.7. The first-order valence-corrected chi connectivity index (χ1v) is 10.5. The summed E-state index contributed by atoms with van der Waals surface area (Å²) in [7, 11) is 0. The summed E-state index contributed by atoms with van der Waals surface area (Å²) < 4.78 is 5.19. The molecule has 1 aromatic carbocycles. The van der Waals surface area contributed by atoms with Crippen LogP contribution in [0.15, 0.2) is 24.3 Å². The number of amides is 2. The SMILES string of the molecule is CCCCC[C@H](C)CNC(=S)NNC(=O)c1ccc(NC(=O)OC(C)(C)C)cc1. The summed E-state index contributed by atoms with van der Waals surface area (Å²) in [6.07, 6.45) is 4.28. The van der Waals surface area contributed by atoms with Gasteiger partial charge in [-0.1, -0.05) is 33.1 Å². The van der Waals surface area contributed by atoms with Gasteiger partial charge in [0.25, 0.3) is 5.91 Å². The predicted molar refractivity (Wildman–Crippen MR) is 121 cm³/mol. The Bertz CT molecular complexity index is 671. The number of hydrazine groups is 1. The summed E-state index contributed by atoms with van der Waals surface area (Å²) in [4.78, 5) is 24.0. The summed E-state index contributed by atoms with van der Waals surface area (Å²) in [5, 5.41) is 6.11. The van der Waals surface area contributed by atoms with E-state index in [4.69, 9.17) is 17.0 Å². The highest BCUT2D eigenvalue weighted by Gasteiger charge is 2.16. The Morgan fingerprint density at radius 1 is 1.10 bits per heavy atom. The van der Waals surface area contributed by atoms with E-state index in [1.54, 1.807) is 45.0 Å². The summed E-state index contributed by atoms with van der Waals surface area (Å²) in [6, 6.07) is 6.48. The largest absolute Gasteiger partial charge is 0.444 e. The Morgan fingerprint density at radius 2 is 1.76 bits per heavy atom. The zero-order chi connectivity index (χ0) is 21.9. The summed E-state index contributed by atoms with van der Waals surface area (Å²) in [5.74, 6) is 0.191. The molecule has 0 aliphatic carbocycles. The fraction of sp³-hybridized carbons (Fsp3) is 0.571. The van der Waals surface area contributed by atoms with Crippen LogP contribution in [0.5, 0.6) is 0 Å². The normalized spacial score (nSPS) is 11.9. The lowest BCUT2D eigenvalue weighted by Gasteiger charge is -2.19. The van der Waals surface area contributed by atoms with Crippen molar-refractivity contribution in [3.8, 4) is 0 Å². The Balaban J connectivity index is 2.37. The minimum absolute atomic E-state index is 0.325. The van der Waals surface area contributed by atoms with Crippen molar-refractivity contribution in [2.75, 3.05) is 11.9 Å². The number of benzene rings is 1. The smallest absolute Gasteiger partial charge is 0.412 e. The fourth-order valence-electron chi connectivity index (χ4n) is 2.47. The van der Waals surface area contributed by atoms with Gasteiger partial charge in [0.15, 0.2) is 5.11 Å². The molecule has 1 aromatic rings. The molecule has 0 radical (unpaired) electrons. The molecule has 0 bridgehead atoms. The molecule has 4 N–H and O–H groups in total. The molecule has 29 heavy (non-hydrogen) atoms. The molecular weight excluding hydrogens is 388 g/mol. The van der Waals surface area contributed by atoms with Gasteiger partial charge in [0, 0.05) is 17.8 Å². The van der Waals surface area contributed by atoms with Crippen LogP contribution in [0.25, 0.3) is 0 Å². The number of unbranched alkanes of at least 4 members (excludes halogenated alkanes) is 2. The van der Waals surface area contributed by atoms with Crippen LogP contribution in [0.2, 0.25) is 0 Å². The molecule has 1 atom stereocenters. The van der Waals surface area contributed by atoms with Crippen molar-refractivity contribution in [2.24, 2.45) is 5.92 Å². The van der Waals surface area contributed by atoms with E-state index in [1.165, 1.54) is 19.3 Å². The van der Waals surface area contributed by atoms with Crippen molar-refractivity contribution >= 4 is 35.0 Å². The minimum Gasteiger partial charge on any atom is -0.444 e. The van der Waals surface area contributed by atoms with Crippen LogP contribution >= 0.6 is 12.2 Å². The van der Waals surface area contributed by atoms with Crippen LogP contribution in [-0.4, -0.2) is 29.3 Å². The van der Waals surface area contributed by atoms with Crippen molar-refractivity contribution in [2.45, 2.75) is 65.9 Å². The Labute approximate surface area is 179 Å². The molecule has 0 unspecified atom stereocenters. The number of thiocarbonyl (C=S) groups is 1. The van der Waals surface area contributed by atoms with Gasteiger partial charge in [-0.3, -0.25) is 21.0 Å². The van der Waals surface area contributed by atoms with Crippen LogP contribution in [0, 0.1) is 5.92 Å². The predicted octanol–water partition coefficient (Wildman–Crippen LogP) is 4.36. The van der Waals surface area contributed by atoms with Crippen LogP contribution in [0.1, 0.15) is 70.7 Å². The molecule has 0 spiro atoms. The number of hydrogen-bond donors (Lipinski definition) is 4. The number of ether oxygens (including phenoxy) is 1. The van der Waals surface area contributed by atoms with Gasteiger partial charge in [0.05, 0.1) is 0 Å². The summed E-state index contributed by atoms with van der Waals surface area (Å²) in [6.45, 7) is 10.5. The number of carbonyl (C=O) groups is 2. The average molecular weight is 423 g/mol. The highest BCUT2D eigenvalue weighted by molar-refractivity contribution is 7.80. The maximum Gasteiger partial charge on any atom is 0.412 e. The maximum atomic E-state index is 12.2. The zero-order valence-corrected chi connectivity index (χ0v) is 18.9. The van der Waals surface area contributed by atoms with Gasteiger partial charge in [-0.15, -0.1) is 0 Å². The number of hydrogen-bond acceptors (Lipinski definition) is 4. The summed E-state index contributed by atoms with van der Waals surface area (Å²) in [5.41, 5.74) is 5.67. The lowest BCUT2D eigenvalue weighted by molar-refractivity contribution is 0.0635. The van der Waals surface area contributed by atoms with Crippen LogP contribution in [0.4, 0.5) is 10.5 Å². The first-order chi connectivity index (χ1) is 13.6. The van der Waals surface area contributed by atoms with E-state index in [0.717, 1.165) is 13.0 Å². The Kier molecular flexibility index (Phi) is 10.4. The molecule has 0 heterocycles. The second-order valence-corrected chi connectivity index (χ2v) is 8.50. The van der Waals surface area contributed by atoms with Gasteiger partial charge in [-0.05, 0) is 69.6 Å². The van der Waals surface area contributed by atoms with E-state index < -0.39 is 11.7 Å². The number of nitrogens with one attached hydrogen (secondary N) is 4. The van der Waals surface area contributed by atoms with Gasteiger partial charge >= 0.3 is 6.09 Å². The lowest BCUT2D eigenvalue weighted by atomic mass is 10.0. The molecule has 0 aliphatic rings. The van der Waals surface area contributed by atoms with Crippen LogP contribution in [0.3, 0.4) is 0 Å². The second kappa shape index (κ2) is 12.3. The van der Waals surface area contributed by atoms with Crippen molar-refractivity contribution < 1.29 is 14.3 Å². The van der Waals surface area contributed by atoms with E-state index >= 15 is 0 Å². The fourth-order valence-corrected chi connectivity index (χ4v) is 2.60. The molecule has 0 aliphatic heterocycles. The lowest BCUT2D eigenvalue weighted by Crippen LogP contribution is -2.47. The van der Waals surface area contributed by atoms with Gasteiger partial charge in [0.1, 0.15) is 5.60 Å². The Hall–Kier alpha value is -2.35. The minimum atomic E-state index is -0.574. The average Bonchev–Trinajstić information content (AvgIpc) is 2.63. The Morgan fingerprint density at radius 3 is 2.34 bits per heavy atom. The number of anilines is 1. The van der Waals surface area contributed by atoms with Crippen LogP contribution < -0.4 is 21.5 Å². The van der Waals surface area contributed by atoms with E-state index in [9.17, 15) is 9.59 Å². The molecule has 0 saturated carbocycles. The third-order valence-electron chi connectivity index (χ3n) is 3.99. The second-order valence-electron chi connectivity index (χ2n) is 8.09. The first-order valence-electron chi connectivity index (χ1n) is 10.0. The van der Waals surface area contributed by atoms with E-state index in [1.807, 2.05) is 0 Å². The molecule has 0 aromatic heterocycles. The van der Waals surface area contributed by atoms with Crippen molar-refractivity contribution in [3.63, 3.8) is 0 Å². The topological polar surface area (TPSA) is 91.5 Å². The van der Waals surface area contributed by atoms with Crippen molar-refractivity contribution in [1.82, 2.24) is 16.2 Å². The van der Waals surface area contributed by atoms with Crippen molar-refractivity contribution in [1.29, 1.82) is 0 Å². The third-order valence-corrected chi connectivity index (χ3v) is 4.24. The molecule has 0 fully saturated rings. The van der Waals surface area contributed by atoms with E-state index in [0.29, 0.717) is 22.3 Å². The standard InChI is InChI=1S/C21H34N4O3S/c1-6-7-8-9-15(2)14-22-19(29)25-24-18(26)16-10-12-17(13-11-16)23-20(27)28-21(3,4)5/h10-13,15H,6-9,14H2,1-5H3,(H,23,27)(H,24,26)(H2,22,25,29)/t15-/m0/s1. The van der Waals surface area contributed by atoms with Gasteiger partial charge in [-0.25, -0.2) is 4.79 Å². The van der Waals surface area contributed by atoms with Gasteiger partial charge in [-0.2, -0.15) is 0 Å². The van der Waals surface area contributed by atoms with E-state index in [-0.39, 0.29) is 5.91 Å². The molecule has 0 saturated heterocycles. The summed E-state index contributed by atoms with van der Waals surface area (Å²) >= 11 is 5.19. The van der Waals surface area contributed by atoms with E-state index in [2.05, 4.69) is 35.3 Å². The van der Waals surface area contributed by atoms with Gasteiger partial charge < -0.3 is 10.1 Å². The molecule has 7 nitrogen and oxygen atoms in total. The van der Waals surface area contributed by atoms with Crippen LogP contribution in [-0.2, 0) is 4.74 Å². The molecule has 2 amide bonds. The highest BCUT2D eigenvalue weighted by atomic mass is 32.1. The zero-order valence-electron chi connectivity index (χ0n) is 18.1. The monoisotopic (exact) mass is 422 g/mol. The molecule has 8 heteroatoms. The molecular formula is C21H34N4O3S. The maximum absolute atomic E-state index is 12.2.